The maximum atomic E-state index is 11.5. The zero-order valence-electron chi connectivity index (χ0n) is 48.5. The summed E-state index contributed by atoms with van der Waals surface area (Å²) in [5, 5.41) is 101. The average molecular weight is 1460 g/mol. The Kier molecular flexibility index (Phi) is 41.2. The minimum Gasteiger partial charge on any atom is -0.672 e. The standard InChI is InChI=1S/C14H28N3O.C14H24N3O.4C5H6F6O2.2Mn/c2*1-14(2,3)17(18)13-6-4-11(5-7-13)12-8-15-10-16-9-12;4*6-4(7,8)2(12)1-3(13)5(9,10)11;;/h11-13,15,18H,4-10H2,1-3H3;8-9,11,13,18H,4-7,10H2,1-3H3;4*2-3,12-13H,1H2;;/q2*-1;;;;;;. The van der Waals surface area contributed by atoms with Gasteiger partial charge in [0.2, 0.25) is 0 Å². The smallest absolute Gasteiger partial charge is 0.414 e. The van der Waals surface area contributed by atoms with Crippen LogP contribution in [-0.4, -0.2) is 215 Å². The van der Waals surface area contributed by atoms with Crippen LogP contribution in [0.4, 0.5) is 105 Å². The molecule has 542 valence electrons. The third kappa shape index (κ3) is 39.1. The van der Waals surface area contributed by atoms with Gasteiger partial charge in [-0.1, -0.05) is 6.67 Å². The number of nitrogens with zero attached hydrogens (tertiary/aromatic N) is 5. The molecule has 42 heteroatoms. The summed E-state index contributed by atoms with van der Waals surface area (Å²) >= 11 is 0. The van der Waals surface area contributed by atoms with Crippen LogP contribution < -0.4 is 5.32 Å². The van der Waals surface area contributed by atoms with Crippen molar-refractivity contribution in [2.75, 3.05) is 26.4 Å². The largest absolute Gasteiger partial charge is 0.672 e. The molecule has 1 saturated heterocycles. The second-order valence-corrected chi connectivity index (χ2v) is 22.6. The van der Waals surface area contributed by atoms with E-state index in [9.17, 15) is 116 Å². The summed E-state index contributed by atoms with van der Waals surface area (Å²) in [5.41, 5.74) is 0.956. The number of hydrogen-bond donors (Lipinski definition) is 11. The molecule has 3 fully saturated rings. The molecule has 0 aromatic carbocycles. The van der Waals surface area contributed by atoms with Crippen LogP contribution in [0.25, 0.3) is 10.6 Å². The fourth-order valence-electron chi connectivity index (χ4n) is 8.01. The van der Waals surface area contributed by atoms with Crippen LogP contribution in [0.2, 0.25) is 0 Å². The number of hydrogen-bond acceptors (Lipinski definition) is 14. The van der Waals surface area contributed by atoms with E-state index in [0.29, 0.717) is 24.7 Å². The Hall–Kier alpha value is -1.99. The summed E-state index contributed by atoms with van der Waals surface area (Å²) in [6.07, 6.45) is -60.7. The predicted octanol–water partition coefficient (Wildman–Crippen LogP) is 10.8. The van der Waals surface area contributed by atoms with Crippen LogP contribution in [0.15, 0.2) is 16.8 Å². The van der Waals surface area contributed by atoms with Crippen molar-refractivity contribution in [2.24, 2.45) is 22.7 Å². The van der Waals surface area contributed by atoms with Gasteiger partial charge in [0.05, 0.1) is 0 Å². The van der Waals surface area contributed by atoms with Crippen LogP contribution in [0.3, 0.4) is 0 Å². The van der Waals surface area contributed by atoms with Crippen molar-refractivity contribution in [3.05, 3.63) is 22.4 Å². The Balaban J connectivity index is -0.000000495. The molecule has 90 heavy (non-hydrogen) atoms. The number of aliphatic hydroxyl groups excluding tert-OH is 8. The van der Waals surface area contributed by atoms with Crippen LogP contribution in [0, 0.1) is 17.8 Å². The van der Waals surface area contributed by atoms with Crippen molar-refractivity contribution in [1.82, 2.24) is 15.4 Å². The number of nitrogens with one attached hydrogen (secondary N) is 1. The van der Waals surface area contributed by atoms with Crippen LogP contribution in [-0.2, 0) is 34.1 Å². The molecule has 0 amide bonds. The number of aliphatic hydroxyl groups is 8. The van der Waals surface area contributed by atoms with Gasteiger partial charge in [-0.15, -0.1) is 6.54 Å². The van der Waals surface area contributed by atoms with Crippen molar-refractivity contribution in [3.63, 3.8) is 0 Å². The van der Waals surface area contributed by atoms with E-state index in [0.717, 1.165) is 70.1 Å². The molecule has 9 unspecified atom stereocenters. The molecule has 11 N–H and O–H groups in total. The van der Waals surface area contributed by atoms with E-state index in [1.54, 1.807) is 5.06 Å². The van der Waals surface area contributed by atoms with Gasteiger partial charge in [0.1, 0.15) is 0 Å². The Morgan fingerprint density at radius 2 is 0.689 bits per heavy atom. The first-order valence-electron chi connectivity index (χ1n) is 26.3. The first-order valence-corrected chi connectivity index (χ1v) is 26.3. The number of alkyl halides is 24. The Bertz CT molecular complexity index is 1750. The zero-order valence-corrected chi connectivity index (χ0v) is 50.9. The summed E-state index contributed by atoms with van der Waals surface area (Å²) in [6, 6.07) is 0.633. The molecule has 0 aromatic heterocycles. The van der Waals surface area contributed by atoms with E-state index >= 15 is 0 Å². The van der Waals surface area contributed by atoms with Gasteiger partial charge in [0.25, 0.3) is 0 Å². The topological polar surface area (TPSA) is 261 Å². The third-order valence-electron chi connectivity index (χ3n) is 13.1. The SMILES string of the molecule is CC(C)(C)N(O)C1CCC(C2=C[N-]CN=C2)CC1.CC(C)(C)N(O)C1CCC(C2C[N-]CNC2)CC1.OC(CC(O)C(F)(F)F)C(F)(F)F.OC(CC(O)C(F)(F)F)C(F)(F)F.OC(CC(O)C(F)(F)F)C(F)(F)F.OC(CC(O)C(F)(F)F)C(F)(F)F.[Mn].[Mn]. The summed E-state index contributed by atoms with van der Waals surface area (Å²) in [5.74, 6) is 2.09. The molecule has 9 atom stereocenters. The summed E-state index contributed by atoms with van der Waals surface area (Å²) in [6.45, 7) is 15.9. The molecular weight excluding hydrogens is 1390 g/mol. The molecule has 16 nitrogen and oxygen atoms in total. The van der Waals surface area contributed by atoms with E-state index in [-0.39, 0.29) is 45.2 Å². The first kappa shape index (κ1) is 94.4. The molecule has 0 aromatic rings. The van der Waals surface area contributed by atoms with Crippen molar-refractivity contribution in [3.8, 4) is 0 Å². The van der Waals surface area contributed by atoms with Gasteiger partial charge in [-0.25, -0.2) is 0 Å². The normalized spacial score (nSPS) is 23.4. The molecule has 2 aliphatic heterocycles. The van der Waals surface area contributed by atoms with Gasteiger partial charge in [-0.3, -0.25) is 0 Å². The van der Waals surface area contributed by atoms with Crippen LogP contribution in [0.5, 0.6) is 0 Å². The monoisotopic (exact) mass is 1460 g/mol. The Labute approximate surface area is 522 Å². The van der Waals surface area contributed by atoms with E-state index in [1.807, 2.05) is 33.2 Å². The molecule has 0 spiro atoms. The maximum Gasteiger partial charge on any atom is 0.414 e. The third-order valence-corrected chi connectivity index (χ3v) is 13.1. The molecular formula is C48H76F24Mn2N6O10-2. The van der Waals surface area contributed by atoms with Gasteiger partial charge in [-0.05, 0) is 129 Å². The average Bonchev–Trinajstić information content (AvgIpc) is 3.37. The van der Waals surface area contributed by atoms with Crippen molar-refractivity contribution >= 4 is 6.21 Å². The minimum atomic E-state index is -5.15. The summed E-state index contributed by atoms with van der Waals surface area (Å²) < 4.78 is 275. The second-order valence-electron chi connectivity index (χ2n) is 22.6. The second kappa shape index (κ2) is 39.3. The quantitative estimate of drug-likeness (QED) is 0.0494. The van der Waals surface area contributed by atoms with E-state index in [4.69, 9.17) is 40.9 Å². The van der Waals surface area contributed by atoms with E-state index < -0.39 is 124 Å². The van der Waals surface area contributed by atoms with Gasteiger partial charge >= 0.3 is 49.4 Å². The predicted molar refractivity (Wildman–Crippen MR) is 263 cm³/mol. The first-order chi connectivity index (χ1) is 39.2. The Morgan fingerprint density at radius 1 is 0.433 bits per heavy atom. The van der Waals surface area contributed by atoms with Gasteiger partial charge in [0, 0.05) is 89.2 Å². The molecule has 2 saturated carbocycles. The minimum absolute atomic E-state index is 0. The molecule has 4 rings (SSSR count). The summed E-state index contributed by atoms with van der Waals surface area (Å²) in [4.78, 5) is 4.21. The number of rotatable bonds is 12. The zero-order chi connectivity index (χ0) is 69.8. The number of halogens is 24. The fraction of sp³-hybridized carbons (Fsp3) is 0.938. The maximum absolute atomic E-state index is 11.5. The fourth-order valence-corrected chi connectivity index (χ4v) is 8.01. The van der Waals surface area contributed by atoms with Gasteiger partial charge in [0.15, 0.2) is 48.8 Å². The van der Waals surface area contributed by atoms with Crippen molar-refractivity contribution in [2.45, 2.75) is 240 Å². The molecule has 0 bridgehead atoms. The summed E-state index contributed by atoms with van der Waals surface area (Å²) in [7, 11) is 0. The van der Waals surface area contributed by atoms with Crippen LogP contribution in [0.1, 0.15) is 119 Å². The number of aliphatic imine (C=N–C) groups is 1. The molecule has 2 aliphatic carbocycles. The van der Waals surface area contributed by atoms with E-state index in [1.165, 1.54) is 23.5 Å². The molecule has 4 aliphatic rings. The van der Waals surface area contributed by atoms with Crippen LogP contribution >= 0.6 is 0 Å². The van der Waals surface area contributed by atoms with E-state index in [2.05, 4.69) is 41.7 Å². The molecule has 2 heterocycles. The van der Waals surface area contributed by atoms with Crippen molar-refractivity contribution < 1.29 is 191 Å². The van der Waals surface area contributed by atoms with Gasteiger partial charge in [-0.2, -0.15) is 122 Å². The Morgan fingerprint density at radius 3 is 0.889 bits per heavy atom. The van der Waals surface area contributed by atoms with Crippen molar-refractivity contribution in [1.29, 1.82) is 0 Å². The number of allylic oxidation sites excluding steroid dienone is 1. The van der Waals surface area contributed by atoms with Gasteiger partial charge < -0.3 is 72.2 Å². The molecule has 2 radical (unpaired) electrons. The number of hydroxylamine groups is 4.